The number of fused-ring (bicyclic) bond motifs is 1. The lowest BCUT2D eigenvalue weighted by Gasteiger charge is -2.25. The number of likely N-dealkylation sites (N-methyl/N-ethyl adjacent to an activating group) is 1. The van der Waals surface area contributed by atoms with Gasteiger partial charge in [-0.15, -0.1) is 0 Å². The Morgan fingerprint density at radius 3 is 2.41 bits per heavy atom. The fourth-order valence-electron chi connectivity index (χ4n) is 5.10. The average molecular weight is 396 g/mol. The lowest BCUT2D eigenvalue weighted by molar-refractivity contribution is -0.134. The van der Waals surface area contributed by atoms with Gasteiger partial charge in [0.05, 0.1) is 6.54 Å². The molecule has 1 aromatic carbocycles. The highest BCUT2D eigenvalue weighted by molar-refractivity contribution is 6.10. The number of ketones is 1. The Morgan fingerprint density at radius 2 is 1.76 bits per heavy atom. The number of nitrogens with one attached hydrogen (secondary N) is 1. The number of imide groups is 1. The first-order valence-electron chi connectivity index (χ1n) is 10.5. The van der Waals surface area contributed by atoms with Gasteiger partial charge < -0.3 is 10.2 Å². The van der Waals surface area contributed by atoms with Crippen LogP contribution in [0.4, 0.5) is 10.5 Å². The third-order valence-corrected chi connectivity index (χ3v) is 6.76. The summed E-state index contributed by atoms with van der Waals surface area (Å²) in [5.41, 5.74) is 1.99. The largest absolute Gasteiger partial charge is 0.347 e. The number of hydrogen-bond donors (Lipinski definition) is 1. The van der Waals surface area contributed by atoms with Crippen LogP contribution in [-0.4, -0.2) is 41.8 Å². The average Bonchev–Trinajstić information content (AvgIpc) is 2.92. The predicted molar refractivity (Wildman–Crippen MR) is 112 cm³/mol. The van der Waals surface area contributed by atoms with Crippen molar-refractivity contribution in [2.75, 3.05) is 18.5 Å². The summed E-state index contributed by atoms with van der Waals surface area (Å²) >= 11 is 0. The summed E-state index contributed by atoms with van der Waals surface area (Å²) in [5, 5.41) is 2.90. The number of urea groups is 1. The molecule has 6 heteroatoms. The summed E-state index contributed by atoms with van der Waals surface area (Å²) in [6.45, 7) is 3.96. The maximum absolute atomic E-state index is 13.0. The Hall–Kier alpha value is -2.63. The number of amides is 3. The second kappa shape index (κ2) is 7.01. The predicted octanol–water partition coefficient (Wildman–Crippen LogP) is 3.51. The molecular formula is C23H29N3O3. The number of benzene rings is 1. The molecule has 3 amide bonds. The van der Waals surface area contributed by atoms with E-state index in [4.69, 9.17) is 0 Å². The van der Waals surface area contributed by atoms with Crippen LogP contribution in [0.25, 0.3) is 0 Å². The van der Waals surface area contributed by atoms with E-state index in [1.807, 2.05) is 30.1 Å². The first-order valence-corrected chi connectivity index (χ1v) is 10.5. The Morgan fingerprint density at radius 1 is 1.10 bits per heavy atom. The van der Waals surface area contributed by atoms with Crippen molar-refractivity contribution in [1.82, 2.24) is 10.2 Å². The van der Waals surface area contributed by atoms with Crippen LogP contribution in [0.5, 0.6) is 0 Å². The maximum atomic E-state index is 13.0. The minimum Gasteiger partial charge on any atom is -0.347 e. The van der Waals surface area contributed by atoms with Crippen molar-refractivity contribution in [3.63, 3.8) is 0 Å². The molecule has 0 atom stereocenters. The van der Waals surface area contributed by atoms with Gasteiger partial charge in [0.15, 0.2) is 5.78 Å². The number of anilines is 1. The van der Waals surface area contributed by atoms with E-state index in [0.717, 1.165) is 47.5 Å². The minimum absolute atomic E-state index is 0.212. The molecule has 29 heavy (non-hydrogen) atoms. The van der Waals surface area contributed by atoms with Gasteiger partial charge in [0.25, 0.3) is 5.91 Å². The molecular weight excluding hydrogens is 366 g/mol. The third-order valence-electron chi connectivity index (χ3n) is 6.76. The molecule has 0 radical (unpaired) electrons. The summed E-state index contributed by atoms with van der Waals surface area (Å²) in [5.74, 6) is -0.472. The fraction of sp³-hybridized carbons (Fsp3) is 0.522. The topological polar surface area (TPSA) is 69.7 Å². The van der Waals surface area contributed by atoms with E-state index >= 15 is 0 Å². The molecule has 0 aromatic heterocycles. The van der Waals surface area contributed by atoms with Crippen molar-refractivity contribution in [3.8, 4) is 0 Å². The van der Waals surface area contributed by atoms with Crippen LogP contribution in [0.2, 0.25) is 0 Å². The Labute approximate surface area is 171 Å². The van der Waals surface area contributed by atoms with Crippen molar-refractivity contribution in [1.29, 1.82) is 0 Å². The van der Waals surface area contributed by atoms with Gasteiger partial charge in [-0.1, -0.05) is 57.7 Å². The number of rotatable bonds is 3. The zero-order chi connectivity index (χ0) is 20.8. The van der Waals surface area contributed by atoms with Gasteiger partial charge in [0.1, 0.15) is 5.54 Å². The van der Waals surface area contributed by atoms with E-state index in [0.29, 0.717) is 12.8 Å². The monoisotopic (exact) mass is 395 g/mol. The summed E-state index contributed by atoms with van der Waals surface area (Å²) < 4.78 is 0. The van der Waals surface area contributed by atoms with E-state index in [9.17, 15) is 14.4 Å². The molecule has 2 fully saturated rings. The molecule has 6 nitrogen and oxygen atoms in total. The maximum Gasteiger partial charge on any atom is 0.325 e. The minimum atomic E-state index is -0.805. The molecule has 1 saturated heterocycles. The zero-order valence-corrected chi connectivity index (χ0v) is 17.5. The highest BCUT2D eigenvalue weighted by Crippen LogP contribution is 2.46. The Kier molecular flexibility index (Phi) is 4.75. The summed E-state index contributed by atoms with van der Waals surface area (Å²) in [7, 11) is 1.95. The molecule has 1 spiro atoms. The SMILES string of the molecule is CN1/C(=C/C(=O)CN2C(=O)NC3(CCCCCC3)C2=O)C(C)(C)c2ccccc21. The van der Waals surface area contributed by atoms with Gasteiger partial charge in [-0.2, -0.15) is 0 Å². The molecule has 0 unspecified atom stereocenters. The molecule has 1 aromatic rings. The molecule has 2 heterocycles. The molecule has 4 rings (SSSR count). The van der Waals surface area contributed by atoms with Crippen LogP contribution in [0.15, 0.2) is 36.0 Å². The van der Waals surface area contributed by atoms with Gasteiger partial charge in [0.2, 0.25) is 0 Å². The van der Waals surface area contributed by atoms with Crippen molar-refractivity contribution < 1.29 is 14.4 Å². The number of hydrogen-bond acceptors (Lipinski definition) is 4. The molecule has 1 saturated carbocycles. The normalized spacial score (nSPS) is 24.0. The summed E-state index contributed by atoms with van der Waals surface area (Å²) in [6.07, 6.45) is 6.93. The van der Waals surface area contributed by atoms with E-state index in [2.05, 4.69) is 25.2 Å². The quantitative estimate of drug-likeness (QED) is 0.628. The van der Waals surface area contributed by atoms with Crippen molar-refractivity contribution in [3.05, 3.63) is 41.6 Å². The van der Waals surface area contributed by atoms with E-state index in [1.165, 1.54) is 0 Å². The van der Waals surface area contributed by atoms with Gasteiger partial charge in [-0.3, -0.25) is 14.5 Å². The van der Waals surface area contributed by atoms with Crippen LogP contribution < -0.4 is 10.2 Å². The second-order valence-electron chi connectivity index (χ2n) is 9.01. The number of carbonyl (C=O) groups is 3. The Bertz CT molecular complexity index is 894. The van der Waals surface area contributed by atoms with E-state index < -0.39 is 11.6 Å². The molecule has 3 aliphatic rings. The first-order chi connectivity index (χ1) is 13.8. The lowest BCUT2D eigenvalue weighted by Crippen LogP contribution is -2.46. The first kappa shape index (κ1) is 19.7. The van der Waals surface area contributed by atoms with Crippen molar-refractivity contribution in [2.45, 2.75) is 63.3 Å². The number of para-hydroxylation sites is 1. The van der Waals surface area contributed by atoms with Gasteiger partial charge >= 0.3 is 6.03 Å². The summed E-state index contributed by atoms with van der Waals surface area (Å²) in [6, 6.07) is 7.65. The van der Waals surface area contributed by atoms with E-state index in [1.54, 1.807) is 6.08 Å². The van der Waals surface area contributed by atoms with Gasteiger partial charge in [0, 0.05) is 29.9 Å². The van der Waals surface area contributed by atoms with Gasteiger partial charge in [-0.05, 0) is 24.5 Å². The van der Waals surface area contributed by atoms with Crippen LogP contribution in [0.1, 0.15) is 57.9 Å². The molecule has 2 aliphatic heterocycles. The number of nitrogens with zero attached hydrogens (tertiary/aromatic N) is 2. The zero-order valence-electron chi connectivity index (χ0n) is 17.5. The summed E-state index contributed by atoms with van der Waals surface area (Å²) in [4.78, 5) is 41.6. The molecule has 154 valence electrons. The van der Waals surface area contributed by atoms with Crippen LogP contribution in [0.3, 0.4) is 0 Å². The lowest BCUT2D eigenvalue weighted by atomic mass is 9.83. The molecule has 1 N–H and O–H groups in total. The molecule has 1 aliphatic carbocycles. The third kappa shape index (κ3) is 3.15. The smallest absolute Gasteiger partial charge is 0.325 e. The standard InChI is InChI=1S/C23H29N3O3/c1-22(2)17-10-6-7-11-18(17)25(3)19(22)14-16(27)15-26-20(28)23(24-21(26)29)12-8-4-5-9-13-23/h6-7,10-11,14H,4-5,8-9,12-13,15H2,1-3H3,(H,24,29)/b19-14+. The highest BCUT2D eigenvalue weighted by atomic mass is 16.2. The van der Waals surface area contributed by atoms with E-state index in [-0.39, 0.29) is 23.7 Å². The Balaban J connectivity index is 1.54. The van der Waals surface area contributed by atoms with Crippen LogP contribution in [-0.2, 0) is 15.0 Å². The van der Waals surface area contributed by atoms with Gasteiger partial charge in [-0.25, -0.2) is 4.79 Å². The number of allylic oxidation sites excluding steroid dienone is 1. The highest BCUT2D eigenvalue weighted by Gasteiger charge is 2.51. The second-order valence-corrected chi connectivity index (χ2v) is 9.01. The molecule has 0 bridgehead atoms. The fourth-order valence-corrected chi connectivity index (χ4v) is 5.10. The van der Waals surface area contributed by atoms with Crippen molar-refractivity contribution in [2.24, 2.45) is 0 Å². The van der Waals surface area contributed by atoms with Crippen LogP contribution in [0, 0.1) is 0 Å². The number of carbonyl (C=O) groups excluding carboxylic acids is 3. The van der Waals surface area contributed by atoms with Crippen LogP contribution >= 0.6 is 0 Å². The van der Waals surface area contributed by atoms with Crippen molar-refractivity contribution >= 4 is 23.4 Å².